The van der Waals surface area contributed by atoms with Crippen molar-refractivity contribution >= 4 is 30.7 Å². The van der Waals surface area contributed by atoms with E-state index < -0.39 is 6.04 Å². The van der Waals surface area contributed by atoms with Gasteiger partial charge in [0.1, 0.15) is 0 Å². The topological polar surface area (TPSA) is 67.6 Å². The monoisotopic (exact) mass is 389 g/mol. The van der Waals surface area contributed by atoms with Crippen LogP contribution < -0.4 is 11.1 Å². The van der Waals surface area contributed by atoms with E-state index in [0.717, 1.165) is 52.1 Å². The molecule has 7 heteroatoms. The number of carbonyl (C=O) groups is 1. The van der Waals surface area contributed by atoms with Crippen LogP contribution in [0.1, 0.15) is 24.0 Å². The second-order valence-corrected chi connectivity index (χ2v) is 6.56. The van der Waals surface area contributed by atoms with Crippen LogP contribution in [0.5, 0.6) is 0 Å². The van der Waals surface area contributed by atoms with Crippen molar-refractivity contribution in [3.8, 4) is 0 Å². The molecule has 25 heavy (non-hydrogen) atoms. The second-order valence-electron chi connectivity index (χ2n) is 6.56. The van der Waals surface area contributed by atoms with Gasteiger partial charge in [0.05, 0.1) is 6.04 Å². The predicted molar refractivity (Wildman–Crippen MR) is 104 cm³/mol. The molecule has 1 amide bonds. The first-order chi connectivity index (χ1) is 11.2. The number of hydrogen-bond donors (Lipinski definition) is 2. The van der Waals surface area contributed by atoms with Crippen LogP contribution >= 0.6 is 24.8 Å². The van der Waals surface area contributed by atoms with E-state index in [1.165, 1.54) is 11.1 Å². The second kappa shape index (κ2) is 11.0. The fourth-order valence-corrected chi connectivity index (χ4v) is 3.49. The maximum atomic E-state index is 12.2. The molecule has 0 aromatic heterocycles. The highest BCUT2D eigenvalue weighted by Crippen LogP contribution is 2.18. The van der Waals surface area contributed by atoms with Crippen molar-refractivity contribution in [3.05, 3.63) is 35.4 Å². The van der Waals surface area contributed by atoms with Crippen LogP contribution in [0.25, 0.3) is 0 Å². The van der Waals surface area contributed by atoms with E-state index in [1.54, 1.807) is 0 Å². The lowest BCUT2D eigenvalue weighted by molar-refractivity contribution is -0.124. The molecular formula is C18H29Cl2N3O2. The van der Waals surface area contributed by atoms with E-state index >= 15 is 0 Å². The Kier molecular flexibility index (Phi) is 9.75. The SMILES string of the molecule is Cl.Cl.NC(C(=O)NCCN1CCc2ccccc2C1)C1CCOCC1. The van der Waals surface area contributed by atoms with Crippen LogP contribution in [-0.4, -0.2) is 49.7 Å². The van der Waals surface area contributed by atoms with Crippen molar-refractivity contribution in [2.75, 3.05) is 32.8 Å². The van der Waals surface area contributed by atoms with Crippen molar-refractivity contribution in [2.45, 2.75) is 31.8 Å². The van der Waals surface area contributed by atoms with Gasteiger partial charge < -0.3 is 15.8 Å². The molecular weight excluding hydrogens is 361 g/mol. The number of benzene rings is 1. The Labute approximate surface area is 162 Å². The van der Waals surface area contributed by atoms with Crippen molar-refractivity contribution in [3.63, 3.8) is 0 Å². The average Bonchev–Trinajstić information content (AvgIpc) is 2.61. The predicted octanol–water partition coefficient (Wildman–Crippen LogP) is 1.76. The molecule has 2 aliphatic rings. The van der Waals surface area contributed by atoms with Gasteiger partial charge >= 0.3 is 0 Å². The van der Waals surface area contributed by atoms with Gasteiger partial charge in [-0.15, -0.1) is 24.8 Å². The van der Waals surface area contributed by atoms with Gasteiger partial charge in [0.2, 0.25) is 5.91 Å². The van der Waals surface area contributed by atoms with Gasteiger partial charge in [-0.2, -0.15) is 0 Å². The first kappa shape index (κ1) is 22.2. The highest BCUT2D eigenvalue weighted by atomic mass is 35.5. The van der Waals surface area contributed by atoms with Gasteiger partial charge in [-0.3, -0.25) is 9.69 Å². The molecule has 1 fully saturated rings. The minimum absolute atomic E-state index is 0. The number of ether oxygens (including phenoxy) is 1. The summed E-state index contributed by atoms with van der Waals surface area (Å²) in [7, 11) is 0. The third-order valence-corrected chi connectivity index (χ3v) is 5.01. The molecule has 1 aromatic carbocycles. The van der Waals surface area contributed by atoms with Gasteiger partial charge in [-0.25, -0.2) is 0 Å². The molecule has 0 saturated carbocycles. The molecule has 1 unspecified atom stereocenters. The molecule has 0 bridgehead atoms. The van der Waals surface area contributed by atoms with Crippen molar-refractivity contribution in [1.82, 2.24) is 10.2 Å². The number of hydrogen-bond acceptors (Lipinski definition) is 4. The zero-order chi connectivity index (χ0) is 16.1. The molecule has 3 rings (SSSR count). The normalized spacial score (nSPS) is 19.1. The first-order valence-electron chi connectivity index (χ1n) is 8.64. The zero-order valence-corrected chi connectivity index (χ0v) is 16.1. The molecule has 2 aliphatic heterocycles. The molecule has 0 spiro atoms. The summed E-state index contributed by atoms with van der Waals surface area (Å²) in [5, 5.41) is 3.00. The minimum atomic E-state index is -0.402. The number of amides is 1. The van der Waals surface area contributed by atoms with Crippen LogP contribution in [0.2, 0.25) is 0 Å². The molecule has 3 N–H and O–H groups in total. The number of nitrogens with one attached hydrogen (secondary N) is 1. The molecule has 2 heterocycles. The van der Waals surface area contributed by atoms with E-state index in [4.69, 9.17) is 10.5 Å². The third-order valence-electron chi connectivity index (χ3n) is 5.01. The van der Waals surface area contributed by atoms with Crippen LogP contribution in [0.15, 0.2) is 24.3 Å². The van der Waals surface area contributed by atoms with E-state index in [-0.39, 0.29) is 36.6 Å². The summed E-state index contributed by atoms with van der Waals surface area (Å²) in [6.07, 6.45) is 2.86. The Morgan fingerprint density at radius 3 is 2.64 bits per heavy atom. The number of rotatable bonds is 5. The summed E-state index contributed by atoms with van der Waals surface area (Å²) in [6, 6.07) is 8.20. The lowest BCUT2D eigenvalue weighted by Gasteiger charge is -2.29. The quantitative estimate of drug-likeness (QED) is 0.804. The summed E-state index contributed by atoms with van der Waals surface area (Å²) >= 11 is 0. The summed E-state index contributed by atoms with van der Waals surface area (Å²) in [5.41, 5.74) is 8.95. The Morgan fingerprint density at radius 1 is 1.24 bits per heavy atom. The highest BCUT2D eigenvalue weighted by Gasteiger charge is 2.26. The molecule has 142 valence electrons. The van der Waals surface area contributed by atoms with Crippen LogP contribution in [0.3, 0.4) is 0 Å². The van der Waals surface area contributed by atoms with Gasteiger partial charge in [0.25, 0.3) is 0 Å². The summed E-state index contributed by atoms with van der Waals surface area (Å²) in [4.78, 5) is 14.6. The fraction of sp³-hybridized carbons (Fsp3) is 0.611. The van der Waals surface area contributed by atoms with E-state index in [1.807, 2.05) is 0 Å². The van der Waals surface area contributed by atoms with E-state index in [0.29, 0.717) is 6.54 Å². The minimum Gasteiger partial charge on any atom is -0.381 e. The maximum Gasteiger partial charge on any atom is 0.237 e. The number of carbonyl (C=O) groups excluding carboxylic acids is 1. The maximum absolute atomic E-state index is 12.2. The molecule has 0 aliphatic carbocycles. The largest absolute Gasteiger partial charge is 0.381 e. The standard InChI is InChI=1S/C18H27N3O2.2ClH/c19-17(15-6-11-23-12-7-15)18(22)20-8-10-21-9-5-14-3-1-2-4-16(14)13-21;;/h1-4,15,17H,5-13,19H2,(H,20,22);2*1H. The average molecular weight is 390 g/mol. The Bertz CT molecular complexity index is 539. The Morgan fingerprint density at radius 2 is 1.92 bits per heavy atom. The Balaban J connectivity index is 0.00000156. The molecule has 1 atom stereocenters. The lowest BCUT2D eigenvalue weighted by atomic mass is 9.92. The van der Waals surface area contributed by atoms with Crippen LogP contribution in [-0.2, 0) is 22.5 Å². The summed E-state index contributed by atoms with van der Waals surface area (Å²) in [6.45, 7) is 5.01. The third kappa shape index (κ3) is 6.12. The number of nitrogens with two attached hydrogens (primary N) is 1. The fourth-order valence-electron chi connectivity index (χ4n) is 3.49. The van der Waals surface area contributed by atoms with Crippen molar-refractivity contribution < 1.29 is 9.53 Å². The lowest BCUT2D eigenvalue weighted by Crippen LogP contribution is -2.48. The summed E-state index contributed by atoms with van der Waals surface area (Å²) in [5.74, 6) is 0.236. The van der Waals surface area contributed by atoms with Gasteiger partial charge in [-0.1, -0.05) is 24.3 Å². The molecule has 1 aromatic rings. The van der Waals surface area contributed by atoms with Crippen molar-refractivity contribution in [1.29, 1.82) is 0 Å². The van der Waals surface area contributed by atoms with E-state index in [2.05, 4.69) is 34.5 Å². The van der Waals surface area contributed by atoms with Crippen LogP contribution in [0.4, 0.5) is 0 Å². The van der Waals surface area contributed by atoms with Gasteiger partial charge in [0.15, 0.2) is 0 Å². The Hall–Kier alpha value is -0.850. The highest BCUT2D eigenvalue weighted by molar-refractivity contribution is 5.85. The molecule has 1 saturated heterocycles. The molecule has 0 radical (unpaired) electrons. The number of nitrogens with zero attached hydrogens (tertiary/aromatic N) is 1. The van der Waals surface area contributed by atoms with Crippen molar-refractivity contribution in [2.24, 2.45) is 11.7 Å². The first-order valence-corrected chi connectivity index (χ1v) is 8.64. The van der Waals surface area contributed by atoms with Gasteiger partial charge in [-0.05, 0) is 36.3 Å². The van der Waals surface area contributed by atoms with Crippen LogP contribution in [0, 0.1) is 5.92 Å². The number of fused-ring (bicyclic) bond motifs is 1. The van der Waals surface area contributed by atoms with E-state index in [9.17, 15) is 4.79 Å². The smallest absolute Gasteiger partial charge is 0.237 e. The summed E-state index contributed by atoms with van der Waals surface area (Å²) < 4.78 is 5.32. The molecule has 5 nitrogen and oxygen atoms in total. The van der Waals surface area contributed by atoms with Gasteiger partial charge in [0, 0.05) is 39.4 Å². The number of halogens is 2. The zero-order valence-electron chi connectivity index (χ0n) is 14.5.